The summed E-state index contributed by atoms with van der Waals surface area (Å²) in [5, 5.41) is 0. The molecular formula is C15H33N3. The second-order valence-corrected chi connectivity index (χ2v) is 6.74. The van der Waals surface area contributed by atoms with Crippen molar-refractivity contribution in [3.8, 4) is 0 Å². The number of hydrogen-bond acceptors (Lipinski definition) is 3. The van der Waals surface area contributed by atoms with Crippen molar-refractivity contribution >= 4 is 0 Å². The molecule has 0 radical (unpaired) electrons. The van der Waals surface area contributed by atoms with Gasteiger partial charge in [0.1, 0.15) is 0 Å². The van der Waals surface area contributed by atoms with E-state index in [0.717, 1.165) is 11.8 Å². The van der Waals surface area contributed by atoms with Gasteiger partial charge < -0.3 is 15.5 Å². The Hall–Kier alpha value is -0.120. The first-order valence-electron chi connectivity index (χ1n) is 7.60. The van der Waals surface area contributed by atoms with Crippen LogP contribution in [-0.2, 0) is 0 Å². The van der Waals surface area contributed by atoms with Crippen molar-refractivity contribution < 1.29 is 0 Å². The van der Waals surface area contributed by atoms with E-state index in [2.05, 4.69) is 37.7 Å². The molecule has 0 amide bonds. The summed E-state index contributed by atoms with van der Waals surface area (Å²) in [5.41, 5.74) is 5.99. The lowest BCUT2D eigenvalue weighted by atomic mass is 9.86. The van der Waals surface area contributed by atoms with E-state index in [-0.39, 0.29) is 0 Å². The minimum atomic E-state index is 0.474. The monoisotopic (exact) mass is 255 g/mol. The van der Waals surface area contributed by atoms with Crippen molar-refractivity contribution in [1.82, 2.24) is 9.80 Å². The molecule has 1 aliphatic carbocycles. The SMILES string of the molecule is CC(C)CN(CCN(C)C)CC1CCC(N)CC1. The third-order valence-corrected chi connectivity index (χ3v) is 3.89. The van der Waals surface area contributed by atoms with E-state index < -0.39 is 0 Å². The Morgan fingerprint density at radius 2 is 1.67 bits per heavy atom. The molecule has 0 aromatic carbocycles. The highest BCUT2D eigenvalue weighted by molar-refractivity contribution is 4.77. The molecule has 0 bridgehead atoms. The molecule has 0 aliphatic heterocycles. The molecule has 0 spiro atoms. The molecule has 0 atom stereocenters. The van der Waals surface area contributed by atoms with Gasteiger partial charge in [0.05, 0.1) is 0 Å². The smallest absolute Gasteiger partial charge is 0.0109 e. The van der Waals surface area contributed by atoms with Gasteiger partial charge in [0, 0.05) is 32.2 Å². The number of nitrogens with zero attached hydrogens (tertiary/aromatic N) is 2. The molecule has 2 N–H and O–H groups in total. The Bertz CT molecular complexity index is 208. The zero-order valence-corrected chi connectivity index (χ0v) is 12.9. The molecule has 1 rings (SSSR count). The van der Waals surface area contributed by atoms with Crippen LogP contribution in [-0.4, -0.2) is 56.1 Å². The maximum Gasteiger partial charge on any atom is 0.0109 e. The molecule has 0 aromatic rings. The third kappa shape index (κ3) is 6.72. The van der Waals surface area contributed by atoms with Crippen LogP contribution in [0.25, 0.3) is 0 Å². The summed E-state index contributed by atoms with van der Waals surface area (Å²) >= 11 is 0. The van der Waals surface area contributed by atoms with Gasteiger partial charge in [-0.15, -0.1) is 0 Å². The predicted molar refractivity (Wildman–Crippen MR) is 79.8 cm³/mol. The first kappa shape index (κ1) is 15.9. The Kier molecular flexibility index (Phi) is 7.20. The molecule has 108 valence electrons. The summed E-state index contributed by atoms with van der Waals surface area (Å²) in [7, 11) is 4.32. The topological polar surface area (TPSA) is 32.5 Å². The quantitative estimate of drug-likeness (QED) is 0.755. The fourth-order valence-electron chi connectivity index (χ4n) is 2.85. The highest BCUT2D eigenvalue weighted by Crippen LogP contribution is 2.24. The van der Waals surface area contributed by atoms with Gasteiger partial charge in [0.15, 0.2) is 0 Å². The van der Waals surface area contributed by atoms with E-state index in [4.69, 9.17) is 5.73 Å². The standard InChI is InChI=1S/C15H33N3/c1-13(2)11-18(10-9-17(3)4)12-14-5-7-15(16)8-6-14/h13-15H,5-12,16H2,1-4H3. The van der Waals surface area contributed by atoms with Crippen molar-refractivity contribution in [2.75, 3.05) is 40.3 Å². The maximum absolute atomic E-state index is 5.99. The largest absolute Gasteiger partial charge is 0.328 e. The normalized spacial score (nSPS) is 25.3. The maximum atomic E-state index is 5.99. The minimum absolute atomic E-state index is 0.474. The summed E-state index contributed by atoms with van der Waals surface area (Å²) in [6.07, 6.45) is 5.12. The number of nitrogens with two attached hydrogens (primary N) is 1. The van der Waals surface area contributed by atoms with Crippen LogP contribution in [0.15, 0.2) is 0 Å². The Labute approximate surface area is 114 Å². The summed E-state index contributed by atoms with van der Waals surface area (Å²) in [4.78, 5) is 4.94. The Morgan fingerprint density at radius 1 is 1.06 bits per heavy atom. The summed E-state index contributed by atoms with van der Waals surface area (Å²) in [6, 6.07) is 0.474. The van der Waals surface area contributed by atoms with Crippen LogP contribution in [0.5, 0.6) is 0 Å². The van der Waals surface area contributed by atoms with Crippen molar-refractivity contribution in [2.45, 2.75) is 45.6 Å². The fourth-order valence-corrected chi connectivity index (χ4v) is 2.85. The molecule has 1 fully saturated rings. The average molecular weight is 255 g/mol. The molecule has 1 saturated carbocycles. The molecule has 0 aromatic heterocycles. The van der Waals surface area contributed by atoms with Crippen LogP contribution >= 0.6 is 0 Å². The summed E-state index contributed by atoms with van der Waals surface area (Å²) in [5.74, 6) is 1.64. The highest BCUT2D eigenvalue weighted by Gasteiger charge is 2.21. The minimum Gasteiger partial charge on any atom is -0.328 e. The molecule has 18 heavy (non-hydrogen) atoms. The van der Waals surface area contributed by atoms with Crippen LogP contribution in [0, 0.1) is 11.8 Å². The van der Waals surface area contributed by atoms with Gasteiger partial charge in [-0.05, 0) is 51.6 Å². The number of likely N-dealkylation sites (N-methyl/N-ethyl adjacent to an activating group) is 1. The van der Waals surface area contributed by atoms with Gasteiger partial charge in [0.25, 0.3) is 0 Å². The van der Waals surface area contributed by atoms with E-state index in [1.54, 1.807) is 0 Å². The van der Waals surface area contributed by atoms with E-state index >= 15 is 0 Å². The molecule has 3 nitrogen and oxygen atoms in total. The molecule has 0 heterocycles. The van der Waals surface area contributed by atoms with Crippen LogP contribution in [0.4, 0.5) is 0 Å². The van der Waals surface area contributed by atoms with Gasteiger partial charge in [-0.2, -0.15) is 0 Å². The van der Waals surface area contributed by atoms with Gasteiger partial charge in [-0.1, -0.05) is 13.8 Å². The van der Waals surface area contributed by atoms with Crippen molar-refractivity contribution in [2.24, 2.45) is 17.6 Å². The predicted octanol–water partition coefficient (Wildman–Crippen LogP) is 2.02. The van der Waals surface area contributed by atoms with E-state index in [9.17, 15) is 0 Å². The molecule has 3 heteroatoms. The van der Waals surface area contributed by atoms with Crippen LogP contribution < -0.4 is 5.73 Å². The molecule has 0 unspecified atom stereocenters. The summed E-state index contributed by atoms with van der Waals surface area (Å²) in [6.45, 7) is 9.51. The lowest BCUT2D eigenvalue weighted by Gasteiger charge is -2.33. The van der Waals surface area contributed by atoms with Crippen LogP contribution in [0.1, 0.15) is 39.5 Å². The lowest BCUT2D eigenvalue weighted by molar-refractivity contribution is 0.166. The van der Waals surface area contributed by atoms with Crippen molar-refractivity contribution in [1.29, 1.82) is 0 Å². The van der Waals surface area contributed by atoms with E-state index in [1.165, 1.54) is 51.9 Å². The Morgan fingerprint density at radius 3 is 2.17 bits per heavy atom. The highest BCUT2D eigenvalue weighted by atomic mass is 15.2. The number of hydrogen-bond donors (Lipinski definition) is 1. The second kappa shape index (κ2) is 8.13. The lowest BCUT2D eigenvalue weighted by Crippen LogP contribution is -2.39. The molecule has 1 aliphatic rings. The van der Waals surface area contributed by atoms with Crippen LogP contribution in [0.2, 0.25) is 0 Å². The van der Waals surface area contributed by atoms with Crippen molar-refractivity contribution in [3.63, 3.8) is 0 Å². The third-order valence-electron chi connectivity index (χ3n) is 3.89. The summed E-state index contributed by atoms with van der Waals surface area (Å²) < 4.78 is 0. The van der Waals surface area contributed by atoms with Gasteiger partial charge in [-0.25, -0.2) is 0 Å². The van der Waals surface area contributed by atoms with Gasteiger partial charge >= 0.3 is 0 Å². The second-order valence-electron chi connectivity index (χ2n) is 6.74. The van der Waals surface area contributed by atoms with Gasteiger partial charge in [-0.3, -0.25) is 0 Å². The number of rotatable bonds is 7. The van der Waals surface area contributed by atoms with E-state index in [1.807, 2.05) is 0 Å². The molecular weight excluding hydrogens is 222 g/mol. The van der Waals surface area contributed by atoms with Crippen LogP contribution in [0.3, 0.4) is 0 Å². The van der Waals surface area contributed by atoms with Crippen molar-refractivity contribution in [3.05, 3.63) is 0 Å². The first-order valence-corrected chi connectivity index (χ1v) is 7.60. The first-order chi connectivity index (χ1) is 8.47. The Balaban J connectivity index is 2.34. The zero-order valence-electron chi connectivity index (χ0n) is 12.9. The van der Waals surface area contributed by atoms with E-state index in [0.29, 0.717) is 6.04 Å². The zero-order chi connectivity index (χ0) is 13.5. The van der Waals surface area contributed by atoms with Gasteiger partial charge in [0.2, 0.25) is 0 Å². The average Bonchev–Trinajstić information content (AvgIpc) is 2.28. The molecule has 0 saturated heterocycles. The fraction of sp³-hybridized carbons (Fsp3) is 1.00.